The van der Waals surface area contributed by atoms with Crippen LogP contribution in [0.1, 0.15) is 0 Å². The maximum Gasteiger partial charge on any atom is 0.131 e. The molecule has 0 spiro atoms. The summed E-state index contributed by atoms with van der Waals surface area (Å²) in [6, 6.07) is 5.93. The van der Waals surface area contributed by atoms with Crippen molar-refractivity contribution < 1.29 is 0 Å². The SMILES string of the molecule is Cn1cnc(-c2ccc(Br)c(Br)c2)c1N. The monoisotopic (exact) mass is 329 g/mol. The third-order valence-electron chi connectivity index (χ3n) is 2.18. The number of nitrogens with zero attached hydrogens (tertiary/aromatic N) is 2. The molecule has 2 rings (SSSR count). The smallest absolute Gasteiger partial charge is 0.131 e. The van der Waals surface area contributed by atoms with E-state index < -0.39 is 0 Å². The van der Waals surface area contributed by atoms with Gasteiger partial charge in [0.05, 0.1) is 6.33 Å². The molecule has 0 bridgehead atoms. The van der Waals surface area contributed by atoms with Gasteiger partial charge in [-0.1, -0.05) is 6.07 Å². The first-order chi connectivity index (χ1) is 7.09. The lowest BCUT2D eigenvalue weighted by molar-refractivity contribution is 0.925. The van der Waals surface area contributed by atoms with E-state index in [0.717, 1.165) is 20.2 Å². The highest BCUT2D eigenvalue weighted by Crippen LogP contribution is 2.30. The van der Waals surface area contributed by atoms with Crippen LogP contribution in [0.4, 0.5) is 5.82 Å². The van der Waals surface area contributed by atoms with E-state index in [4.69, 9.17) is 5.73 Å². The molecule has 1 aromatic carbocycles. The van der Waals surface area contributed by atoms with Crippen molar-refractivity contribution in [3.63, 3.8) is 0 Å². The van der Waals surface area contributed by atoms with Crippen molar-refractivity contribution in [1.82, 2.24) is 9.55 Å². The fraction of sp³-hybridized carbons (Fsp3) is 0.100. The van der Waals surface area contributed by atoms with E-state index >= 15 is 0 Å². The van der Waals surface area contributed by atoms with Crippen molar-refractivity contribution >= 4 is 37.7 Å². The number of nitrogen functional groups attached to an aromatic ring is 1. The van der Waals surface area contributed by atoms with Crippen LogP contribution in [0.2, 0.25) is 0 Å². The molecule has 0 radical (unpaired) electrons. The van der Waals surface area contributed by atoms with Gasteiger partial charge < -0.3 is 10.3 Å². The highest BCUT2D eigenvalue weighted by Gasteiger charge is 2.08. The molecule has 0 atom stereocenters. The fourth-order valence-corrected chi connectivity index (χ4v) is 1.93. The van der Waals surface area contributed by atoms with E-state index in [1.165, 1.54) is 0 Å². The van der Waals surface area contributed by atoms with Gasteiger partial charge >= 0.3 is 0 Å². The largest absolute Gasteiger partial charge is 0.383 e. The summed E-state index contributed by atoms with van der Waals surface area (Å²) in [6.45, 7) is 0. The van der Waals surface area contributed by atoms with Gasteiger partial charge in [0.15, 0.2) is 0 Å². The van der Waals surface area contributed by atoms with Gasteiger partial charge in [-0.05, 0) is 44.0 Å². The Bertz CT molecular complexity index is 505. The maximum atomic E-state index is 5.90. The molecule has 1 heterocycles. The second-order valence-corrected chi connectivity index (χ2v) is 4.93. The molecule has 0 saturated carbocycles. The summed E-state index contributed by atoms with van der Waals surface area (Å²) in [4.78, 5) is 4.26. The van der Waals surface area contributed by atoms with Crippen molar-refractivity contribution in [3.8, 4) is 11.3 Å². The molecule has 0 amide bonds. The molecule has 0 aliphatic carbocycles. The van der Waals surface area contributed by atoms with Crippen LogP contribution < -0.4 is 5.73 Å². The lowest BCUT2D eigenvalue weighted by Crippen LogP contribution is -1.95. The van der Waals surface area contributed by atoms with Gasteiger partial charge in [0, 0.05) is 21.6 Å². The van der Waals surface area contributed by atoms with E-state index in [1.54, 1.807) is 10.9 Å². The van der Waals surface area contributed by atoms with Gasteiger partial charge in [-0.25, -0.2) is 4.98 Å². The van der Waals surface area contributed by atoms with Gasteiger partial charge in [0.2, 0.25) is 0 Å². The Morgan fingerprint density at radius 3 is 2.53 bits per heavy atom. The Hall–Kier alpha value is -0.810. The Labute approximate surface area is 105 Å². The van der Waals surface area contributed by atoms with Crippen LogP contribution in [-0.2, 0) is 7.05 Å². The van der Waals surface area contributed by atoms with E-state index in [0.29, 0.717) is 5.82 Å². The van der Waals surface area contributed by atoms with Crippen LogP contribution in [0, 0.1) is 0 Å². The van der Waals surface area contributed by atoms with Crippen LogP contribution in [0.3, 0.4) is 0 Å². The number of halogens is 2. The molecule has 5 heteroatoms. The second kappa shape index (κ2) is 3.98. The number of hydrogen-bond acceptors (Lipinski definition) is 2. The quantitative estimate of drug-likeness (QED) is 0.872. The maximum absolute atomic E-state index is 5.90. The van der Waals surface area contributed by atoms with Gasteiger partial charge in [-0.3, -0.25) is 0 Å². The number of hydrogen-bond donors (Lipinski definition) is 1. The number of rotatable bonds is 1. The third kappa shape index (κ3) is 1.94. The number of aromatic nitrogens is 2. The lowest BCUT2D eigenvalue weighted by Gasteiger charge is -2.02. The summed E-state index contributed by atoms with van der Waals surface area (Å²) >= 11 is 6.87. The minimum Gasteiger partial charge on any atom is -0.383 e. The van der Waals surface area contributed by atoms with Crippen molar-refractivity contribution in [3.05, 3.63) is 33.5 Å². The average molecular weight is 331 g/mol. The molecule has 3 nitrogen and oxygen atoms in total. The van der Waals surface area contributed by atoms with Crippen LogP contribution in [-0.4, -0.2) is 9.55 Å². The minimum absolute atomic E-state index is 0.671. The van der Waals surface area contributed by atoms with Crippen molar-refractivity contribution in [2.45, 2.75) is 0 Å². The molecule has 15 heavy (non-hydrogen) atoms. The molecule has 2 N–H and O–H groups in total. The number of aryl methyl sites for hydroxylation is 1. The first-order valence-corrected chi connectivity index (χ1v) is 5.90. The topological polar surface area (TPSA) is 43.8 Å². The molecular formula is C10H9Br2N3. The number of benzene rings is 1. The van der Waals surface area contributed by atoms with Gasteiger partial charge in [0.1, 0.15) is 11.5 Å². The fourth-order valence-electron chi connectivity index (χ4n) is 1.31. The molecule has 0 aliphatic rings. The zero-order valence-electron chi connectivity index (χ0n) is 8.04. The normalized spacial score (nSPS) is 10.6. The summed E-state index contributed by atoms with van der Waals surface area (Å²) in [6.07, 6.45) is 1.71. The Morgan fingerprint density at radius 2 is 2.00 bits per heavy atom. The Balaban J connectivity index is 2.55. The van der Waals surface area contributed by atoms with Crippen molar-refractivity contribution in [2.75, 3.05) is 5.73 Å². The summed E-state index contributed by atoms with van der Waals surface area (Å²) in [5, 5.41) is 0. The summed E-state index contributed by atoms with van der Waals surface area (Å²) < 4.78 is 3.80. The predicted octanol–water partition coefficient (Wildman–Crippen LogP) is 3.19. The molecule has 0 aliphatic heterocycles. The van der Waals surface area contributed by atoms with Crippen LogP contribution in [0.5, 0.6) is 0 Å². The van der Waals surface area contributed by atoms with Gasteiger partial charge in [-0.2, -0.15) is 0 Å². The molecule has 0 unspecified atom stereocenters. The standard InChI is InChI=1S/C10H9Br2N3/c1-15-5-14-9(10(15)13)6-2-3-7(11)8(12)4-6/h2-5H,13H2,1H3. The summed E-state index contributed by atoms with van der Waals surface area (Å²) in [7, 11) is 1.87. The van der Waals surface area contributed by atoms with E-state index in [-0.39, 0.29) is 0 Å². The predicted molar refractivity (Wildman–Crippen MR) is 68.5 cm³/mol. The molecule has 78 valence electrons. The average Bonchev–Trinajstić information content (AvgIpc) is 2.53. The number of imidazole rings is 1. The van der Waals surface area contributed by atoms with Crippen molar-refractivity contribution in [1.29, 1.82) is 0 Å². The summed E-state index contributed by atoms with van der Waals surface area (Å²) in [5.41, 5.74) is 7.71. The molecular weight excluding hydrogens is 322 g/mol. The zero-order chi connectivity index (χ0) is 11.0. The van der Waals surface area contributed by atoms with Crippen LogP contribution in [0.15, 0.2) is 33.5 Å². The Kier molecular flexibility index (Phi) is 2.84. The van der Waals surface area contributed by atoms with E-state index in [2.05, 4.69) is 36.8 Å². The van der Waals surface area contributed by atoms with Gasteiger partial charge in [-0.15, -0.1) is 0 Å². The van der Waals surface area contributed by atoms with Crippen LogP contribution >= 0.6 is 31.9 Å². The minimum atomic E-state index is 0.671. The Morgan fingerprint density at radius 1 is 1.27 bits per heavy atom. The first kappa shape index (κ1) is 10.7. The highest BCUT2D eigenvalue weighted by atomic mass is 79.9. The summed E-state index contributed by atoms with van der Waals surface area (Å²) in [5.74, 6) is 0.671. The zero-order valence-corrected chi connectivity index (χ0v) is 11.2. The lowest BCUT2D eigenvalue weighted by atomic mass is 10.1. The highest BCUT2D eigenvalue weighted by molar-refractivity contribution is 9.13. The molecule has 2 aromatic rings. The van der Waals surface area contributed by atoms with Crippen molar-refractivity contribution in [2.24, 2.45) is 7.05 Å². The van der Waals surface area contributed by atoms with Gasteiger partial charge in [0.25, 0.3) is 0 Å². The molecule has 1 aromatic heterocycles. The van der Waals surface area contributed by atoms with E-state index in [9.17, 15) is 0 Å². The molecule has 0 fully saturated rings. The first-order valence-electron chi connectivity index (χ1n) is 4.32. The third-order valence-corrected chi connectivity index (χ3v) is 4.06. The molecule has 0 saturated heterocycles. The van der Waals surface area contributed by atoms with Crippen LogP contribution in [0.25, 0.3) is 11.3 Å². The second-order valence-electron chi connectivity index (χ2n) is 3.22. The van der Waals surface area contributed by atoms with E-state index in [1.807, 2.05) is 25.2 Å². The number of anilines is 1. The number of nitrogens with two attached hydrogens (primary N) is 1.